The molecule has 29 heavy (non-hydrogen) atoms. The standard InChI is InChI=1S/C21H29F2N5O/c1-16(20-24-17-7-3-4-8-18(17)28(20)21(22)23)26-13-11-25(12-14-26)15-19(29)27-9-5-2-6-10-27/h3-4,7-8,16,21H,2,5-6,9-15H2,1H3/t16-/m1/s1. The van der Waals surface area contributed by atoms with Crippen LogP contribution in [0.2, 0.25) is 0 Å². The summed E-state index contributed by atoms with van der Waals surface area (Å²) >= 11 is 0. The number of hydrogen-bond donors (Lipinski definition) is 0. The number of piperidine rings is 1. The molecule has 0 bridgehead atoms. The van der Waals surface area contributed by atoms with Crippen molar-refractivity contribution < 1.29 is 13.6 Å². The first-order valence-corrected chi connectivity index (χ1v) is 10.5. The molecule has 0 spiro atoms. The minimum atomic E-state index is -2.62. The number of hydrogen-bond acceptors (Lipinski definition) is 4. The van der Waals surface area contributed by atoms with Gasteiger partial charge in [0, 0.05) is 39.3 Å². The predicted octanol–water partition coefficient (Wildman–Crippen LogP) is 3.12. The third-order valence-electron chi connectivity index (χ3n) is 6.21. The van der Waals surface area contributed by atoms with Crippen LogP contribution in [0.25, 0.3) is 11.0 Å². The monoisotopic (exact) mass is 405 g/mol. The third-order valence-corrected chi connectivity index (χ3v) is 6.21. The molecule has 1 amide bonds. The lowest BCUT2D eigenvalue weighted by Gasteiger charge is -2.38. The Hall–Kier alpha value is -2.06. The van der Waals surface area contributed by atoms with E-state index in [1.807, 2.05) is 17.9 Å². The van der Waals surface area contributed by atoms with Crippen molar-refractivity contribution in [3.63, 3.8) is 0 Å². The van der Waals surface area contributed by atoms with Gasteiger partial charge in [0.1, 0.15) is 5.82 Å². The van der Waals surface area contributed by atoms with Crippen molar-refractivity contribution in [1.29, 1.82) is 0 Å². The Balaban J connectivity index is 1.39. The van der Waals surface area contributed by atoms with Gasteiger partial charge < -0.3 is 4.90 Å². The summed E-state index contributed by atoms with van der Waals surface area (Å²) in [7, 11) is 0. The van der Waals surface area contributed by atoms with Crippen LogP contribution in [-0.2, 0) is 4.79 Å². The quantitative estimate of drug-likeness (QED) is 0.767. The number of halogens is 2. The molecule has 4 rings (SSSR count). The number of para-hydroxylation sites is 2. The SMILES string of the molecule is C[C@H](c1nc2ccccc2n1C(F)F)N1CCN(CC(=O)N2CCCCC2)CC1. The summed E-state index contributed by atoms with van der Waals surface area (Å²) in [6.07, 6.45) is 3.41. The maximum Gasteiger partial charge on any atom is 0.320 e. The molecular weight excluding hydrogens is 376 g/mol. The Kier molecular flexibility index (Phi) is 6.10. The molecule has 1 aromatic heterocycles. The highest BCUT2D eigenvalue weighted by molar-refractivity contribution is 5.78. The number of benzene rings is 1. The highest BCUT2D eigenvalue weighted by Gasteiger charge is 2.29. The Labute approximate surface area is 170 Å². The van der Waals surface area contributed by atoms with Crippen molar-refractivity contribution in [3.05, 3.63) is 30.1 Å². The molecule has 0 saturated carbocycles. The van der Waals surface area contributed by atoms with E-state index in [2.05, 4.69) is 14.8 Å². The molecule has 3 heterocycles. The number of nitrogens with zero attached hydrogens (tertiary/aromatic N) is 5. The normalized spacial score (nSPS) is 20.5. The lowest BCUT2D eigenvalue weighted by Crippen LogP contribution is -2.51. The first-order chi connectivity index (χ1) is 14.0. The Bertz CT molecular complexity index is 841. The summed E-state index contributed by atoms with van der Waals surface area (Å²) in [5.41, 5.74) is 1.07. The van der Waals surface area contributed by atoms with Gasteiger partial charge in [-0.05, 0) is 38.3 Å². The second-order valence-corrected chi connectivity index (χ2v) is 8.04. The molecule has 2 aliphatic rings. The van der Waals surface area contributed by atoms with E-state index in [0.29, 0.717) is 23.4 Å². The van der Waals surface area contributed by atoms with E-state index in [1.54, 1.807) is 18.2 Å². The number of aromatic nitrogens is 2. The van der Waals surface area contributed by atoms with Crippen LogP contribution < -0.4 is 0 Å². The molecule has 0 N–H and O–H groups in total. The summed E-state index contributed by atoms with van der Waals surface area (Å²) in [6.45, 7) is 4.52. The number of fused-ring (bicyclic) bond motifs is 1. The van der Waals surface area contributed by atoms with Gasteiger partial charge in [0.2, 0.25) is 5.91 Å². The van der Waals surface area contributed by atoms with Gasteiger partial charge in [-0.15, -0.1) is 0 Å². The van der Waals surface area contributed by atoms with E-state index in [-0.39, 0.29) is 11.9 Å². The number of piperazine rings is 1. The summed E-state index contributed by atoms with van der Waals surface area (Å²) in [5.74, 6) is 0.615. The van der Waals surface area contributed by atoms with Gasteiger partial charge in [0.15, 0.2) is 0 Å². The van der Waals surface area contributed by atoms with E-state index in [4.69, 9.17) is 0 Å². The second kappa shape index (κ2) is 8.75. The van der Waals surface area contributed by atoms with Gasteiger partial charge in [-0.25, -0.2) is 4.98 Å². The molecule has 0 aliphatic carbocycles. The number of amides is 1. The van der Waals surface area contributed by atoms with Crippen molar-refractivity contribution in [2.45, 2.75) is 38.8 Å². The lowest BCUT2D eigenvalue weighted by atomic mass is 10.1. The topological polar surface area (TPSA) is 44.6 Å². The summed E-state index contributed by atoms with van der Waals surface area (Å²) in [6, 6.07) is 6.83. The number of carbonyl (C=O) groups excluding carboxylic acids is 1. The van der Waals surface area contributed by atoms with E-state index in [0.717, 1.165) is 56.7 Å². The average molecular weight is 405 g/mol. The zero-order valence-electron chi connectivity index (χ0n) is 16.9. The van der Waals surface area contributed by atoms with Crippen molar-refractivity contribution in [2.24, 2.45) is 0 Å². The lowest BCUT2D eigenvalue weighted by molar-refractivity contribution is -0.133. The highest BCUT2D eigenvalue weighted by Crippen LogP contribution is 2.29. The predicted molar refractivity (Wildman–Crippen MR) is 108 cm³/mol. The van der Waals surface area contributed by atoms with Gasteiger partial charge in [0.25, 0.3) is 0 Å². The van der Waals surface area contributed by atoms with Crippen LogP contribution in [0.5, 0.6) is 0 Å². The fourth-order valence-corrected chi connectivity index (χ4v) is 4.47. The molecule has 0 radical (unpaired) electrons. The van der Waals surface area contributed by atoms with Crippen LogP contribution in [0.3, 0.4) is 0 Å². The Morgan fingerprint density at radius 2 is 1.72 bits per heavy atom. The van der Waals surface area contributed by atoms with Crippen molar-refractivity contribution in [1.82, 2.24) is 24.3 Å². The molecule has 0 unspecified atom stereocenters. The molecule has 2 saturated heterocycles. The zero-order valence-corrected chi connectivity index (χ0v) is 16.9. The minimum absolute atomic E-state index is 0.212. The molecule has 1 atom stereocenters. The number of carbonyl (C=O) groups is 1. The van der Waals surface area contributed by atoms with Gasteiger partial charge in [-0.1, -0.05) is 12.1 Å². The fourth-order valence-electron chi connectivity index (χ4n) is 4.47. The molecular formula is C21H29F2N5O. The van der Waals surface area contributed by atoms with Gasteiger partial charge >= 0.3 is 6.55 Å². The van der Waals surface area contributed by atoms with Crippen LogP contribution in [0, 0.1) is 0 Å². The van der Waals surface area contributed by atoms with E-state index in [1.165, 1.54) is 6.42 Å². The molecule has 8 heteroatoms. The molecule has 6 nitrogen and oxygen atoms in total. The van der Waals surface area contributed by atoms with Crippen LogP contribution in [0.15, 0.2) is 24.3 Å². The van der Waals surface area contributed by atoms with Gasteiger partial charge in [0.05, 0.1) is 23.6 Å². The highest BCUT2D eigenvalue weighted by atomic mass is 19.3. The maximum absolute atomic E-state index is 13.8. The van der Waals surface area contributed by atoms with Crippen molar-refractivity contribution >= 4 is 16.9 Å². The fraction of sp³-hybridized carbons (Fsp3) is 0.619. The summed E-state index contributed by atoms with van der Waals surface area (Å²) in [4.78, 5) is 23.3. The first kappa shape index (κ1) is 20.2. The number of imidazole rings is 1. The molecule has 2 fully saturated rings. The van der Waals surface area contributed by atoms with E-state index >= 15 is 0 Å². The molecule has 2 aliphatic heterocycles. The van der Waals surface area contributed by atoms with Gasteiger partial charge in [-0.3, -0.25) is 19.2 Å². The van der Waals surface area contributed by atoms with Crippen LogP contribution in [-0.4, -0.2) is 76.0 Å². The van der Waals surface area contributed by atoms with Crippen molar-refractivity contribution in [2.75, 3.05) is 45.8 Å². The molecule has 158 valence electrons. The smallest absolute Gasteiger partial charge is 0.320 e. The molecule has 1 aromatic carbocycles. The summed E-state index contributed by atoms with van der Waals surface area (Å²) in [5, 5.41) is 0. The number of likely N-dealkylation sites (tertiary alicyclic amines) is 1. The van der Waals surface area contributed by atoms with Gasteiger partial charge in [-0.2, -0.15) is 8.78 Å². The first-order valence-electron chi connectivity index (χ1n) is 10.5. The maximum atomic E-state index is 13.8. The second-order valence-electron chi connectivity index (χ2n) is 8.04. The van der Waals surface area contributed by atoms with E-state index < -0.39 is 6.55 Å². The molecule has 2 aromatic rings. The average Bonchev–Trinajstić information content (AvgIpc) is 3.14. The van der Waals surface area contributed by atoms with Crippen LogP contribution in [0.1, 0.15) is 44.6 Å². The minimum Gasteiger partial charge on any atom is -0.342 e. The van der Waals surface area contributed by atoms with Crippen molar-refractivity contribution in [3.8, 4) is 0 Å². The number of alkyl halides is 2. The number of rotatable bonds is 5. The Morgan fingerprint density at radius 3 is 2.41 bits per heavy atom. The largest absolute Gasteiger partial charge is 0.342 e. The summed E-state index contributed by atoms with van der Waals surface area (Å²) < 4.78 is 28.6. The van der Waals surface area contributed by atoms with E-state index in [9.17, 15) is 13.6 Å². The third kappa shape index (κ3) is 4.28. The zero-order chi connectivity index (χ0) is 20.4. The Morgan fingerprint density at radius 1 is 1.03 bits per heavy atom. The van der Waals surface area contributed by atoms with Crippen LogP contribution in [0.4, 0.5) is 8.78 Å². The van der Waals surface area contributed by atoms with Crippen LogP contribution >= 0.6 is 0 Å².